The van der Waals surface area contributed by atoms with Gasteiger partial charge in [-0.05, 0) is 50.7 Å². The first-order valence-corrected chi connectivity index (χ1v) is 6.38. The molecule has 1 fully saturated rings. The second-order valence-corrected chi connectivity index (χ2v) is 5.56. The zero-order valence-electron chi connectivity index (χ0n) is 10.6. The third kappa shape index (κ3) is 2.88. The molecule has 2 unspecified atom stereocenters. The Morgan fingerprint density at radius 1 is 1.44 bits per heavy atom. The second-order valence-electron chi connectivity index (χ2n) is 5.56. The molecule has 16 heavy (non-hydrogen) atoms. The van der Waals surface area contributed by atoms with Crippen LogP contribution in [0.4, 0.5) is 0 Å². The minimum absolute atomic E-state index is 0.567. The molecular weight excluding hydrogens is 198 g/mol. The molecule has 1 saturated carbocycles. The SMILES string of the molecule is CC(CCc1ccco1)NC(C)C1(C)CC1. The van der Waals surface area contributed by atoms with E-state index in [1.165, 1.54) is 12.8 Å². The highest BCUT2D eigenvalue weighted by Crippen LogP contribution is 2.48. The smallest absolute Gasteiger partial charge is 0.103 e. The van der Waals surface area contributed by atoms with Crippen molar-refractivity contribution < 1.29 is 4.42 Å². The van der Waals surface area contributed by atoms with Crippen LogP contribution in [0.3, 0.4) is 0 Å². The van der Waals surface area contributed by atoms with Crippen molar-refractivity contribution in [1.29, 1.82) is 0 Å². The molecule has 2 heteroatoms. The molecule has 1 aliphatic carbocycles. The van der Waals surface area contributed by atoms with Gasteiger partial charge in [0.05, 0.1) is 6.26 Å². The van der Waals surface area contributed by atoms with Gasteiger partial charge in [-0.1, -0.05) is 6.92 Å². The van der Waals surface area contributed by atoms with Gasteiger partial charge in [0.25, 0.3) is 0 Å². The lowest BCUT2D eigenvalue weighted by Crippen LogP contribution is -2.39. The summed E-state index contributed by atoms with van der Waals surface area (Å²) in [6.07, 6.45) is 6.69. The minimum Gasteiger partial charge on any atom is -0.469 e. The monoisotopic (exact) mass is 221 g/mol. The number of aryl methyl sites for hydroxylation is 1. The normalized spacial score (nSPS) is 21.7. The highest BCUT2D eigenvalue weighted by molar-refractivity contribution is 5.00. The van der Waals surface area contributed by atoms with Crippen molar-refractivity contribution in [3.63, 3.8) is 0 Å². The van der Waals surface area contributed by atoms with Crippen LogP contribution in [0.15, 0.2) is 22.8 Å². The van der Waals surface area contributed by atoms with Gasteiger partial charge in [-0.3, -0.25) is 0 Å². The summed E-state index contributed by atoms with van der Waals surface area (Å²) in [7, 11) is 0. The van der Waals surface area contributed by atoms with Crippen LogP contribution in [-0.2, 0) is 6.42 Å². The Labute approximate surface area is 98.4 Å². The van der Waals surface area contributed by atoms with Crippen molar-refractivity contribution in [1.82, 2.24) is 5.32 Å². The summed E-state index contributed by atoms with van der Waals surface area (Å²) in [6.45, 7) is 6.96. The molecule has 0 aromatic carbocycles. The van der Waals surface area contributed by atoms with Gasteiger partial charge in [0.1, 0.15) is 5.76 Å². The summed E-state index contributed by atoms with van der Waals surface area (Å²) in [4.78, 5) is 0. The summed E-state index contributed by atoms with van der Waals surface area (Å²) in [5, 5.41) is 3.70. The first-order valence-electron chi connectivity index (χ1n) is 6.38. The minimum atomic E-state index is 0.567. The maximum Gasteiger partial charge on any atom is 0.103 e. The molecule has 2 atom stereocenters. The zero-order valence-corrected chi connectivity index (χ0v) is 10.6. The fourth-order valence-corrected chi connectivity index (χ4v) is 2.16. The topological polar surface area (TPSA) is 25.2 Å². The lowest BCUT2D eigenvalue weighted by Gasteiger charge is -2.24. The lowest BCUT2D eigenvalue weighted by molar-refractivity contribution is 0.335. The van der Waals surface area contributed by atoms with Crippen LogP contribution in [0.5, 0.6) is 0 Å². The molecule has 0 aliphatic heterocycles. The van der Waals surface area contributed by atoms with Crippen LogP contribution < -0.4 is 5.32 Å². The van der Waals surface area contributed by atoms with Crippen LogP contribution in [0, 0.1) is 5.41 Å². The maximum atomic E-state index is 5.34. The van der Waals surface area contributed by atoms with Gasteiger partial charge in [-0.2, -0.15) is 0 Å². The summed E-state index contributed by atoms with van der Waals surface area (Å²) in [6, 6.07) is 5.22. The molecule has 2 nitrogen and oxygen atoms in total. The van der Waals surface area contributed by atoms with E-state index in [1.807, 2.05) is 6.07 Å². The van der Waals surface area contributed by atoms with Crippen molar-refractivity contribution in [3.05, 3.63) is 24.2 Å². The maximum absolute atomic E-state index is 5.34. The predicted octanol–water partition coefficient (Wildman–Crippen LogP) is 3.38. The Hall–Kier alpha value is -0.760. The predicted molar refractivity (Wildman–Crippen MR) is 66.4 cm³/mol. The van der Waals surface area contributed by atoms with E-state index in [4.69, 9.17) is 4.42 Å². The molecule has 1 N–H and O–H groups in total. The Morgan fingerprint density at radius 3 is 2.75 bits per heavy atom. The van der Waals surface area contributed by atoms with Crippen molar-refractivity contribution in [2.75, 3.05) is 0 Å². The summed E-state index contributed by atoms with van der Waals surface area (Å²) < 4.78 is 5.34. The highest BCUT2D eigenvalue weighted by atomic mass is 16.3. The third-order valence-corrected chi connectivity index (χ3v) is 4.02. The van der Waals surface area contributed by atoms with Gasteiger partial charge < -0.3 is 9.73 Å². The number of furan rings is 1. The number of hydrogen-bond acceptors (Lipinski definition) is 2. The van der Waals surface area contributed by atoms with E-state index < -0.39 is 0 Å². The molecule has 90 valence electrons. The van der Waals surface area contributed by atoms with Crippen molar-refractivity contribution in [2.45, 2.75) is 58.5 Å². The molecule has 0 spiro atoms. The van der Waals surface area contributed by atoms with E-state index in [0.29, 0.717) is 17.5 Å². The first kappa shape index (κ1) is 11.7. The standard InChI is InChI=1S/C14H23NO/c1-11(6-7-13-5-4-10-16-13)15-12(2)14(3)8-9-14/h4-5,10-12,15H,6-9H2,1-3H3. The summed E-state index contributed by atoms with van der Waals surface area (Å²) >= 11 is 0. The molecule has 1 heterocycles. The van der Waals surface area contributed by atoms with Gasteiger partial charge in [0.15, 0.2) is 0 Å². The van der Waals surface area contributed by atoms with Crippen LogP contribution in [0.1, 0.15) is 45.8 Å². The molecule has 1 aromatic heterocycles. The van der Waals surface area contributed by atoms with Crippen LogP contribution in [0.2, 0.25) is 0 Å². The van der Waals surface area contributed by atoms with Crippen LogP contribution >= 0.6 is 0 Å². The molecule has 0 bridgehead atoms. The molecular formula is C14H23NO. The van der Waals surface area contributed by atoms with E-state index in [2.05, 4.69) is 32.2 Å². The Balaban J connectivity index is 1.70. The third-order valence-electron chi connectivity index (χ3n) is 4.02. The average molecular weight is 221 g/mol. The summed E-state index contributed by atoms with van der Waals surface area (Å²) in [5.41, 5.74) is 0.568. The second kappa shape index (κ2) is 4.62. The molecule has 1 aromatic rings. The van der Waals surface area contributed by atoms with Crippen molar-refractivity contribution in [2.24, 2.45) is 5.41 Å². The van der Waals surface area contributed by atoms with E-state index >= 15 is 0 Å². The van der Waals surface area contributed by atoms with Gasteiger partial charge in [-0.15, -0.1) is 0 Å². The number of nitrogens with one attached hydrogen (secondary N) is 1. The first-order chi connectivity index (χ1) is 7.60. The van der Waals surface area contributed by atoms with Gasteiger partial charge >= 0.3 is 0 Å². The summed E-state index contributed by atoms with van der Waals surface area (Å²) in [5.74, 6) is 1.10. The average Bonchev–Trinajstić information content (AvgIpc) is 2.82. The lowest BCUT2D eigenvalue weighted by atomic mass is 9.99. The number of hydrogen-bond donors (Lipinski definition) is 1. The van der Waals surface area contributed by atoms with Gasteiger partial charge in [0.2, 0.25) is 0 Å². The van der Waals surface area contributed by atoms with Crippen molar-refractivity contribution in [3.8, 4) is 0 Å². The Morgan fingerprint density at radius 2 is 2.19 bits per heavy atom. The van der Waals surface area contributed by atoms with Gasteiger partial charge in [0, 0.05) is 18.5 Å². The van der Waals surface area contributed by atoms with E-state index in [0.717, 1.165) is 18.6 Å². The fourth-order valence-electron chi connectivity index (χ4n) is 2.16. The highest BCUT2D eigenvalue weighted by Gasteiger charge is 2.42. The fraction of sp³-hybridized carbons (Fsp3) is 0.714. The largest absolute Gasteiger partial charge is 0.469 e. The quantitative estimate of drug-likeness (QED) is 0.796. The van der Waals surface area contributed by atoms with Crippen LogP contribution in [-0.4, -0.2) is 12.1 Å². The Bertz CT molecular complexity index is 313. The van der Waals surface area contributed by atoms with E-state index in [9.17, 15) is 0 Å². The number of rotatable bonds is 6. The molecule has 2 rings (SSSR count). The Kier molecular flexibility index (Phi) is 3.38. The zero-order chi connectivity index (χ0) is 11.6. The molecule has 0 saturated heterocycles. The van der Waals surface area contributed by atoms with Crippen LogP contribution in [0.25, 0.3) is 0 Å². The molecule has 1 aliphatic rings. The molecule has 0 amide bonds. The van der Waals surface area contributed by atoms with E-state index in [-0.39, 0.29) is 0 Å². The van der Waals surface area contributed by atoms with Gasteiger partial charge in [-0.25, -0.2) is 0 Å². The van der Waals surface area contributed by atoms with E-state index in [1.54, 1.807) is 6.26 Å². The van der Waals surface area contributed by atoms with Crippen molar-refractivity contribution >= 4 is 0 Å². The molecule has 0 radical (unpaired) electrons.